The van der Waals surface area contributed by atoms with Crippen molar-refractivity contribution in [3.05, 3.63) is 65.2 Å². The zero-order chi connectivity index (χ0) is 16.2. The minimum Gasteiger partial charge on any atom is -0.490 e. The molecule has 24 heavy (non-hydrogen) atoms. The van der Waals surface area contributed by atoms with Gasteiger partial charge in [-0.1, -0.05) is 12.1 Å². The number of benzene rings is 2. The molecule has 2 aromatic rings. The smallest absolute Gasteiger partial charge is 0.167 e. The van der Waals surface area contributed by atoms with E-state index < -0.39 is 5.82 Å². The van der Waals surface area contributed by atoms with E-state index in [-0.39, 0.29) is 42.1 Å². The van der Waals surface area contributed by atoms with Crippen LogP contribution in [0.3, 0.4) is 0 Å². The Morgan fingerprint density at radius 1 is 1.12 bits per heavy atom. The molecular formula is C18H17ClF2O3. The van der Waals surface area contributed by atoms with E-state index in [4.69, 9.17) is 9.47 Å². The lowest BCUT2D eigenvalue weighted by atomic mass is 10.0. The summed E-state index contributed by atoms with van der Waals surface area (Å²) >= 11 is 0. The second-order valence-corrected chi connectivity index (χ2v) is 5.46. The van der Waals surface area contributed by atoms with Gasteiger partial charge in [0.05, 0.1) is 12.2 Å². The summed E-state index contributed by atoms with van der Waals surface area (Å²) in [4.78, 5) is 12.4. The van der Waals surface area contributed by atoms with Crippen molar-refractivity contribution < 1.29 is 23.0 Å². The second kappa shape index (κ2) is 8.22. The molecule has 0 aromatic heterocycles. The first-order valence-electron chi connectivity index (χ1n) is 7.43. The van der Waals surface area contributed by atoms with E-state index in [1.54, 1.807) is 12.1 Å². The molecule has 1 fully saturated rings. The molecule has 2 aromatic carbocycles. The summed E-state index contributed by atoms with van der Waals surface area (Å²) in [5.74, 6) is -0.639. The van der Waals surface area contributed by atoms with Gasteiger partial charge in [-0.05, 0) is 42.3 Å². The SMILES string of the molecule is Cl.O=C(CCc1ccc(F)cc1)c1cc(F)ccc1OCC1CO1. The number of hydrogen-bond donors (Lipinski definition) is 0. The number of ketones is 1. The minimum atomic E-state index is -0.481. The average molecular weight is 355 g/mol. The standard InChI is InChI=1S/C18H16F2O3.ClH/c19-13-4-1-12(2-5-13)3-7-17(21)16-9-14(20)6-8-18(16)23-11-15-10-22-15;/h1-2,4-6,8-9,15H,3,7,10-11H2;1H. The predicted octanol–water partition coefficient (Wildman–Crippen LogP) is 3.98. The lowest BCUT2D eigenvalue weighted by Gasteiger charge is -2.10. The van der Waals surface area contributed by atoms with Crippen LogP contribution < -0.4 is 4.74 Å². The number of hydrogen-bond acceptors (Lipinski definition) is 3. The van der Waals surface area contributed by atoms with Crippen LogP contribution in [0.25, 0.3) is 0 Å². The zero-order valence-electron chi connectivity index (χ0n) is 12.8. The first kappa shape index (κ1) is 18.4. The molecule has 1 atom stereocenters. The van der Waals surface area contributed by atoms with Crippen LogP contribution in [0.15, 0.2) is 42.5 Å². The van der Waals surface area contributed by atoms with Crippen LogP contribution >= 0.6 is 12.4 Å². The summed E-state index contributed by atoms with van der Waals surface area (Å²) < 4.78 is 36.9. The fraction of sp³-hybridized carbons (Fsp3) is 0.278. The molecule has 128 valence electrons. The third-order valence-corrected chi connectivity index (χ3v) is 3.62. The highest BCUT2D eigenvalue weighted by Gasteiger charge is 2.24. The lowest BCUT2D eigenvalue weighted by Crippen LogP contribution is -2.09. The van der Waals surface area contributed by atoms with Gasteiger partial charge in [-0.3, -0.25) is 4.79 Å². The third-order valence-electron chi connectivity index (χ3n) is 3.62. The number of halogens is 3. The maximum atomic E-state index is 13.5. The Morgan fingerprint density at radius 3 is 2.46 bits per heavy atom. The number of ether oxygens (including phenoxy) is 2. The number of epoxide rings is 1. The monoisotopic (exact) mass is 354 g/mol. The van der Waals surface area contributed by atoms with E-state index >= 15 is 0 Å². The van der Waals surface area contributed by atoms with Gasteiger partial charge in [0, 0.05) is 6.42 Å². The van der Waals surface area contributed by atoms with Gasteiger partial charge in [-0.15, -0.1) is 12.4 Å². The van der Waals surface area contributed by atoms with E-state index in [1.165, 1.54) is 30.3 Å². The molecule has 0 N–H and O–H groups in total. The van der Waals surface area contributed by atoms with Crippen LogP contribution in [0.2, 0.25) is 0 Å². The summed E-state index contributed by atoms with van der Waals surface area (Å²) in [5.41, 5.74) is 1.08. The molecule has 6 heteroatoms. The fourth-order valence-electron chi connectivity index (χ4n) is 2.24. The molecule has 3 rings (SSSR count). The lowest BCUT2D eigenvalue weighted by molar-refractivity contribution is 0.0977. The molecule has 1 heterocycles. The molecule has 0 bridgehead atoms. The molecule has 0 amide bonds. The first-order chi connectivity index (χ1) is 11.1. The normalized spacial score (nSPS) is 15.5. The van der Waals surface area contributed by atoms with Gasteiger partial charge in [0.25, 0.3) is 0 Å². The molecular weight excluding hydrogens is 338 g/mol. The van der Waals surface area contributed by atoms with E-state index in [0.29, 0.717) is 25.4 Å². The van der Waals surface area contributed by atoms with E-state index in [1.807, 2.05) is 0 Å². The molecule has 1 unspecified atom stereocenters. The summed E-state index contributed by atoms with van der Waals surface area (Å²) in [7, 11) is 0. The van der Waals surface area contributed by atoms with Crippen molar-refractivity contribution in [3.8, 4) is 5.75 Å². The highest BCUT2D eigenvalue weighted by atomic mass is 35.5. The molecule has 0 saturated carbocycles. The molecule has 1 saturated heterocycles. The predicted molar refractivity (Wildman–Crippen MR) is 87.9 cm³/mol. The second-order valence-electron chi connectivity index (χ2n) is 5.46. The highest BCUT2D eigenvalue weighted by molar-refractivity contribution is 5.98. The van der Waals surface area contributed by atoms with Gasteiger partial charge in [-0.2, -0.15) is 0 Å². The topological polar surface area (TPSA) is 38.8 Å². The first-order valence-corrected chi connectivity index (χ1v) is 7.43. The third kappa shape index (κ3) is 5.01. The fourth-order valence-corrected chi connectivity index (χ4v) is 2.24. The maximum absolute atomic E-state index is 13.5. The van der Waals surface area contributed by atoms with Crippen LogP contribution in [0.4, 0.5) is 8.78 Å². The molecule has 1 aliphatic rings. The number of carbonyl (C=O) groups is 1. The van der Waals surface area contributed by atoms with Crippen LogP contribution in [-0.4, -0.2) is 25.1 Å². The van der Waals surface area contributed by atoms with E-state index in [2.05, 4.69) is 0 Å². The Kier molecular flexibility index (Phi) is 6.29. The Balaban J connectivity index is 0.00000208. The number of aryl methyl sites for hydroxylation is 1. The molecule has 0 spiro atoms. The highest BCUT2D eigenvalue weighted by Crippen LogP contribution is 2.23. The van der Waals surface area contributed by atoms with Crippen molar-refractivity contribution in [2.75, 3.05) is 13.2 Å². The number of rotatable bonds is 7. The number of carbonyl (C=O) groups excluding carboxylic acids is 1. The van der Waals surface area contributed by atoms with Crippen LogP contribution in [-0.2, 0) is 11.2 Å². The largest absolute Gasteiger partial charge is 0.490 e. The minimum absolute atomic E-state index is 0. The van der Waals surface area contributed by atoms with Gasteiger partial charge in [-0.25, -0.2) is 8.78 Å². The van der Waals surface area contributed by atoms with Gasteiger partial charge in [0.2, 0.25) is 0 Å². The molecule has 1 aliphatic heterocycles. The summed E-state index contributed by atoms with van der Waals surface area (Å²) in [6.07, 6.45) is 0.717. The zero-order valence-corrected chi connectivity index (χ0v) is 13.7. The summed E-state index contributed by atoms with van der Waals surface area (Å²) in [6, 6.07) is 9.89. The Labute approximate surface area is 145 Å². The maximum Gasteiger partial charge on any atom is 0.167 e. The van der Waals surface area contributed by atoms with Crippen molar-refractivity contribution >= 4 is 18.2 Å². The van der Waals surface area contributed by atoms with Crippen molar-refractivity contribution in [1.29, 1.82) is 0 Å². The molecule has 0 radical (unpaired) electrons. The quantitative estimate of drug-likeness (QED) is 0.557. The summed E-state index contributed by atoms with van der Waals surface area (Å²) in [6.45, 7) is 0.999. The Bertz CT molecular complexity index is 700. The van der Waals surface area contributed by atoms with E-state index in [0.717, 1.165) is 5.56 Å². The van der Waals surface area contributed by atoms with Crippen molar-refractivity contribution in [3.63, 3.8) is 0 Å². The van der Waals surface area contributed by atoms with Crippen molar-refractivity contribution in [2.24, 2.45) is 0 Å². The Hall–Kier alpha value is -1.98. The number of Topliss-reactive ketones (excluding diaryl/α,β-unsaturated/α-hetero) is 1. The van der Waals surface area contributed by atoms with Crippen LogP contribution in [0.5, 0.6) is 5.75 Å². The van der Waals surface area contributed by atoms with Crippen molar-refractivity contribution in [1.82, 2.24) is 0 Å². The van der Waals surface area contributed by atoms with Gasteiger partial charge >= 0.3 is 0 Å². The van der Waals surface area contributed by atoms with Crippen LogP contribution in [0.1, 0.15) is 22.3 Å². The van der Waals surface area contributed by atoms with Gasteiger partial charge in [0.1, 0.15) is 30.1 Å². The molecule has 0 aliphatic carbocycles. The van der Waals surface area contributed by atoms with Gasteiger partial charge < -0.3 is 9.47 Å². The molecule has 3 nitrogen and oxygen atoms in total. The van der Waals surface area contributed by atoms with Crippen molar-refractivity contribution in [2.45, 2.75) is 18.9 Å². The summed E-state index contributed by atoms with van der Waals surface area (Å²) in [5, 5.41) is 0. The van der Waals surface area contributed by atoms with Gasteiger partial charge in [0.15, 0.2) is 5.78 Å². The van der Waals surface area contributed by atoms with Crippen LogP contribution in [0, 0.1) is 11.6 Å². The van der Waals surface area contributed by atoms with E-state index in [9.17, 15) is 13.6 Å². The Morgan fingerprint density at radius 2 is 1.79 bits per heavy atom. The average Bonchev–Trinajstić information content (AvgIpc) is 3.37.